The molecule has 0 aromatic carbocycles. The maximum absolute atomic E-state index is 12.1. The summed E-state index contributed by atoms with van der Waals surface area (Å²) >= 11 is 0. The number of amides is 1. The normalized spacial score (nSPS) is 21.8. The summed E-state index contributed by atoms with van der Waals surface area (Å²) in [4.78, 5) is 24.5. The second-order valence-electron chi connectivity index (χ2n) is 6.85. The van der Waals surface area contributed by atoms with Crippen LogP contribution >= 0.6 is 0 Å². The van der Waals surface area contributed by atoms with Crippen molar-refractivity contribution in [3.05, 3.63) is 0 Å². The first-order valence-electron chi connectivity index (χ1n) is 6.95. The van der Waals surface area contributed by atoms with Crippen molar-refractivity contribution in [1.29, 1.82) is 0 Å². The first-order valence-corrected chi connectivity index (χ1v) is 6.95. The van der Waals surface area contributed by atoms with Crippen LogP contribution in [-0.2, 0) is 14.3 Å². The molecule has 21 heavy (non-hydrogen) atoms. The van der Waals surface area contributed by atoms with Crippen LogP contribution in [0.5, 0.6) is 0 Å². The first kappa shape index (κ1) is 17.7. The van der Waals surface area contributed by atoms with E-state index in [2.05, 4.69) is 0 Å². The Morgan fingerprint density at radius 1 is 1.29 bits per heavy atom. The molecule has 0 aromatic heterocycles. The molecule has 122 valence electrons. The van der Waals surface area contributed by atoms with E-state index in [1.807, 2.05) is 0 Å². The molecule has 2 unspecified atom stereocenters. The lowest BCUT2D eigenvalue weighted by molar-refractivity contribution is -0.167. The van der Waals surface area contributed by atoms with E-state index in [0.717, 1.165) is 0 Å². The molecule has 0 aromatic rings. The van der Waals surface area contributed by atoms with Crippen molar-refractivity contribution in [2.24, 2.45) is 5.41 Å². The third-order valence-corrected chi connectivity index (χ3v) is 3.49. The predicted molar refractivity (Wildman–Crippen MR) is 75.0 cm³/mol. The Labute approximate surface area is 124 Å². The molecule has 1 saturated heterocycles. The standard InChI is InChI=1S/C14H25NO6/c1-13(2,3)21-12(19)15-6-7-20-9(8-15)14(4,5)10(16)11(17)18/h9-10,16H,6-8H2,1-5H3,(H,17,18). The third-order valence-electron chi connectivity index (χ3n) is 3.49. The summed E-state index contributed by atoms with van der Waals surface area (Å²) in [6.45, 7) is 9.39. The van der Waals surface area contributed by atoms with Gasteiger partial charge in [-0.1, -0.05) is 13.8 Å². The van der Waals surface area contributed by atoms with E-state index < -0.39 is 35.3 Å². The number of ether oxygens (including phenoxy) is 2. The van der Waals surface area contributed by atoms with Gasteiger partial charge in [-0.05, 0) is 20.8 Å². The fraction of sp³-hybridized carbons (Fsp3) is 0.857. The van der Waals surface area contributed by atoms with E-state index >= 15 is 0 Å². The summed E-state index contributed by atoms with van der Waals surface area (Å²) in [7, 11) is 0. The number of carbonyl (C=O) groups excluding carboxylic acids is 1. The fourth-order valence-electron chi connectivity index (χ4n) is 2.09. The van der Waals surface area contributed by atoms with Gasteiger partial charge in [0.05, 0.1) is 19.3 Å². The molecule has 1 amide bonds. The molecule has 0 spiro atoms. The summed E-state index contributed by atoms with van der Waals surface area (Å²) in [6.07, 6.45) is -2.61. The highest BCUT2D eigenvalue weighted by atomic mass is 16.6. The molecule has 1 aliphatic rings. The van der Waals surface area contributed by atoms with Crippen molar-refractivity contribution in [2.45, 2.75) is 52.4 Å². The topological polar surface area (TPSA) is 96.3 Å². The van der Waals surface area contributed by atoms with Crippen LogP contribution < -0.4 is 0 Å². The van der Waals surface area contributed by atoms with Gasteiger partial charge < -0.3 is 24.6 Å². The van der Waals surface area contributed by atoms with Gasteiger partial charge >= 0.3 is 12.1 Å². The van der Waals surface area contributed by atoms with Crippen LogP contribution in [-0.4, -0.2) is 64.7 Å². The molecule has 7 nitrogen and oxygen atoms in total. The van der Waals surface area contributed by atoms with Crippen LogP contribution in [0.15, 0.2) is 0 Å². The van der Waals surface area contributed by atoms with Crippen molar-refractivity contribution in [3.8, 4) is 0 Å². The number of carbonyl (C=O) groups is 2. The number of hydrogen-bond acceptors (Lipinski definition) is 5. The van der Waals surface area contributed by atoms with Gasteiger partial charge in [0, 0.05) is 12.0 Å². The summed E-state index contributed by atoms with van der Waals surface area (Å²) < 4.78 is 10.9. The van der Waals surface area contributed by atoms with Gasteiger partial charge in [0.1, 0.15) is 5.60 Å². The zero-order chi connectivity index (χ0) is 16.4. The number of aliphatic carboxylic acids is 1. The number of carboxylic acids is 1. The predicted octanol–water partition coefficient (Wildman–Crippen LogP) is 1.09. The highest BCUT2D eigenvalue weighted by Crippen LogP contribution is 2.31. The van der Waals surface area contributed by atoms with Crippen LogP contribution in [0.3, 0.4) is 0 Å². The Balaban J connectivity index is 2.76. The molecule has 0 saturated carbocycles. The van der Waals surface area contributed by atoms with Crippen molar-refractivity contribution < 1.29 is 29.3 Å². The summed E-state index contributed by atoms with van der Waals surface area (Å²) in [5.74, 6) is -1.31. The lowest BCUT2D eigenvalue weighted by Crippen LogP contribution is -2.56. The first-order chi connectivity index (χ1) is 9.45. The minimum atomic E-state index is -1.57. The Morgan fingerprint density at radius 2 is 1.86 bits per heavy atom. The third kappa shape index (κ3) is 4.57. The molecule has 0 aliphatic carbocycles. The Kier molecular flexibility index (Phi) is 5.22. The van der Waals surface area contributed by atoms with Crippen molar-refractivity contribution in [2.75, 3.05) is 19.7 Å². The Morgan fingerprint density at radius 3 is 2.33 bits per heavy atom. The second-order valence-corrected chi connectivity index (χ2v) is 6.85. The number of carboxylic acid groups (broad SMARTS) is 1. The fourth-order valence-corrected chi connectivity index (χ4v) is 2.09. The van der Waals surface area contributed by atoms with Gasteiger partial charge in [-0.3, -0.25) is 0 Å². The Hall–Kier alpha value is -1.34. The zero-order valence-corrected chi connectivity index (χ0v) is 13.3. The van der Waals surface area contributed by atoms with E-state index in [0.29, 0.717) is 6.54 Å². The molecule has 0 bridgehead atoms. The summed E-state index contributed by atoms with van der Waals surface area (Å²) in [5.41, 5.74) is -1.62. The quantitative estimate of drug-likeness (QED) is 0.810. The minimum absolute atomic E-state index is 0.187. The molecule has 2 N–H and O–H groups in total. The lowest BCUT2D eigenvalue weighted by Gasteiger charge is -2.42. The van der Waals surface area contributed by atoms with E-state index in [1.54, 1.807) is 34.6 Å². The molecule has 1 fully saturated rings. The molecule has 2 atom stereocenters. The SMILES string of the molecule is CC(C)(C)OC(=O)N1CCOC(C(C)(C)C(O)C(=O)O)C1. The average molecular weight is 303 g/mol. The smallest absolute Gasteiger partial charge is 0.410 e. The number of hydrogen-bond donors (Lipinski definition) is 2. The lowest BCUT2D eigenvalue weighted by atomic mass is 9.80. The van der Waals surface area contributed by atoms with E-state index in [-0.39, 0.29) is 13.2 Å². The van der Waals surface area contributed by atoms with Crippen LogP contribution in [0.4, 0.5) is 4.79 Å². The molecule has 1 aliphatic heterocycles. The van der Waals surface area contributed by atoms with Crippen LogP contribution in [0.1, 0.15) is 34.6 Å². The highest BCUT2D eigenvalue weighted by Gasteiger charge is 2.44. The molecule has 1 rings (SSSR count). The minimum Gasteiger partial charge on any atom is -0.479 e. The maximum Gasteiger partial charge on any atom is 0.410 e. The molecular formula is C14H25NO6. The van der Waals surface area contributed by atoms with Crippen molar-refractivity contribution in [1.82, 2.24) is 4.90 Å². The maximum atomic E-state index is 12.1. The monoisotopic (exact) mass is 303 g/mol. The number of rotatable bonds is 3. The second kappa shape index (κ2) is 6.19. The summed E-state index contributed by atoms with van der Waals surface area (Å²) in [5, 5.41) is 18.8. The summed E-state index contributed by atoms with van der Waals surface area (Å²) in [6, 6.07) is 0. The number of nitrogens with zero attached hydrogens (tertiary/aromatic N) is 1. The van der Waals surface area contributed by atoms with Crippen LogP contribution in [0.2, 0.25) is 0 Å². The molecule has 0 radical (unpaired) electrons. The van der Waals surface area contributed by atoms with Crippen LogP contribution in [0, 0.1) is 5.41 Å². The molecule has 7 heteroatoms. The molecule has 1 heterocycles. The zero-order valence-electron chi connectivity index (χ0n) is 13.3. The highest BCUT2D eigenvalue weighted by molar-refractivity contribution is 5.73. The van der Waals surface area contributed by atoms with Gasteiger partial charge in [-0.25, -0.2) is 9.59 Å². The van der Waals surface area contributed by atoms with Gasteiger partial charge in [0.2, 0.25) is 0 Å². The van der Waals surface area contributed by atoms with Crippen LogP contribution in [0.25, 0.3) is 0 Å². The van der Waals surface area contributed by atoms with Gasteiger partial charge in [-0.2, -0.15) is 0 Å². The van der Waals surface area contributed by atoms with E-state index in [4.69, 9.17) is 14.6 Å². The average Bonchev–Trinajstić information content (AvgIpc) is 2.35. The van der Waals surface area contributed by atoms with E-state index in [1.165, 1.54) is 4.90 Å². The van der Waals surface area contributed by atoms with Crippen molar-refractivity contribution >= 4 is 12.1 Å². The number of morpholine rings is 1. The van der Waals surface area contributed by atoms with Gasteiger partial charge in [-0.15, -0.1) is 0 Å². The van der Waals surface area contributed by atoms with Gasteiger partial charge in [0.25, 0.3) is 0 Å². The number of aliphatic hydroxyl groups is 1. The van der Waals surface area contributed by atoms with Crippen molar-refractivity contribution in [3.63, 3.8) is 0 Å². The molecular weight excluding hydrogens is 278 g/mol. The number of aliphatic hydroxyl groups excluding tert-OH is 1. The van der Waals surface area contributed by atoms with E-state index in [9.17, 15) is 14.7 Å². The largest absolute Gasteiger partial charge is 0.479 e. The van der Waals surface area contributed by atoms with Gasteiger partial charge in [0.15, 0.2) is 6.10 Å². The Bertz CT molecular complexity index is 401.